The second-order valence-corrected chi connectivity index (χ2v) is 6.75. The van der Waals surface area contributed by atoms with E-state index in [2.05, 4.69) is 69.3 Å². The SMILES string of the molecule is CC(C)(C)c1ccc2nccn2c1C(C)(C)C. The molecule has 0 atom stereocenters. The summed E-state index contributed by atoms with van der Waals surface area (Å²) in [6, 6.07) is 4.33. The lowest BCUT2D eigenvalue weighted by molar-refractivity contribution is 0.508. The third-order valence-electron chi connectivity index (χ3n) is 3.08. The molecule has 2 nitrogen and oxygen atoms in total. The molecule has 0 aliphatic carbocycles. The first-order chi connectivity index (χ1) is 7.71. The molecule has 0 saturated carbocycles. The van der Waals surface area contributed by atoms with Gasteiger partial charge < -0.3 is 4.40 Å². The van der Waals surface area contributed by atoms with Crippen LogP contribution >= 0.6 is 0 Å². The van der Waals surface area contributed by atoms with Crippen LogP contribution in [-0.4, -0.2) is 9.38 Å². The third kappa shape index (κ3) is 2.08. The molecule has 0 spiro atoms. The highest BCUT2D eigenvalue weighted by Crippen LogP contribution is 2.34. The van der Waals surface area contributed by atoms with Gasteiger partial charge in [0.05, 0.1) is 0 Å². The van der Waals surface area contributed by atoms with E-state index in [1.165, 1.54) is 11.3 Å². The van der Waals surface area contributed by atoms with Gasteiger partial charge in [0.2, 0.25) is 0 Å². The van der Waals surface area contributed by atoms with E-state index in [0.717, 1.165) is 5.65 Å². The zero-order valence-corrected chi connectivity index (χ0v) is 11.7. The van der Waals surface area contributed by atoms with Crippen LogP contribution in [0.2, 0.25) is 0 Å². The van der Waals surface area contributed by atoms with Crippen LogP contribution in [0, 0.1) is 0 Å². The molecule has 92 valence electrons. The van der Waals surface area contributed by atoms with E-state index in [0.29, 0.717) is 0 Å². The predicted octanol–water partition coefficient (Wildman–Crippen LogP) is 3.93. The average Bonchev–Trinajstić information content (AvgIpc) is 2.59. The highest BCUT2D eigenvalue weighted by molar-refractivity contribution is 5.47. The molecule has 0 aromatic carbocycles. The molecule has 0 radical (unpaired) electrons. The van der Waals surface area contributed by atoms with Gasteiger partial charge in [0.15, 0.2) is 0 Å². The molecule has 0 bridgehead atoms. The Labute approximate surface area is 104 Å². The Balaban J connectivity index is 2.85. The van der Waals surface area contributed by atoms with Gasteiger partial charge in [-0.05, 0) is 17.0 Å². The average molecular weight is 230 g/mol. The first kappa shape index (κ1) is 12.2. The van der Waals surface area contributed by atoms with Crippen molar-refractivity contribution in [2.45, 2.75) is 52.4 Å². The minimum Gasteiger partial charge on any atom is -0.303 e. The fourth-order valence-electron chi connectivity index (χ4n) is 2.36. The fraction of sp³-hybridized carbons (Fsp3) is 0.533. The van der Waals surface area contributed by atoms with Crippen LogP contribution in [-0.2, 0) is 10.8 Å². The van der Waals surface area contributed by atoms with E-state index in [4.69, 9.17) is 0 Å². The summed E-state index contributed by atoms with van der Waals surface area (Å²) in [6.07, 6.45) is 3.93. The van der Waals surface area contributed by atoms with Gasteiger partial charge in [-0.1, -0.05) is 47.6 Å². The summed E-state index contributed by atoms with van der Waals surface area (Å²) in [6.45, 7) is 13.6. The molecule has 0 unspecified atom stereocenters. The van der Waals surface area contributed by atoms with Gasteiger partial charge in [0.1, 0.15) is 5.65 Å². The van der Waals surface area contributed by atoms with Crippen LogP contribution in [0.25, 0.3) is 5.65 Å². The van der Waals surface area contributed by atoms with E-state index in [-0.39, 0.29) is 10.8 Å². The van der Waals surface area contributed by atoms with Gasteiger partial charge in [-0.25, -0.2) is 4.98 Å². The van der Waals surface area contributed by atoms with Crippen molar-refractivity contribution >= 4 is 5.65 Å². The number of fused-ring (bicyclic) bond motifs is 1. The van der Waals surface area contributed by atoms with Crippen molar-refractivity contribution in [1.29, 1.82) is 0 Å². The van der Waals surface area contributed by atoms with Crippen LogP contribution in [0.5, 0.6) is 0 Å². The first-order valence-electron chi connectivity index (χ1n) is 6.18. The third-order valence-corrected chi connectivity index (χ3v) is 3.08. The molecule has 0 N–H and O–H groups in total. The number of imidazole rings is 1. The summed E-state index contributed by atoms with van der Waals surface area (Å²) in [4.78, 5) is 4.38. The summed E-state index contributed by atoms with van der Waals surface area (Å²) in [5.74, 6) is 0. The lowest BCUT2D eigenvalue weighted by Gasteiger charge is -2.30. The highest BCUT2D eigenvalue weighted by Gasteiger charge is 2.27. The standard InChI is InChI=1S/C15H22N2/c1-14(2,3)11-7-8-12-16-9-10-17(12)13(11)15(4,5)6/h7-10H,1-6H3. The zero-order chi connectivity index (χ0) is 12.8. The molecule has 0 saturated heterocycles. The number of rotatable bonds is 0. The van der Waals surface area contributed by atoms with Crippen molar-refractivity contribution in [3.8, 4) is 0 Å². The van der Waals surface area contributed by atoms with E-state index < -0.39 is 0 Å². The van der Waals surface area contributed by atoms with E-state index in [1.807, 2.05) is 6.20 Å². The molecule has 2 heteroatoms. The molecular formula is C15H22N2. The Hall–Kier alpha value is -1.31. The summed E-state index contributed by atoms with van der Waals surface area (Å²) >= 11 is 0. The molecule has 2 rings (SSSR count). The Bertz CT molecular complexity index is 536. The van der Waals surface area contributed by atoms with Gasteiger partial charge in [-0.2, -0.15) is 0 Å². The molecule has 2 aromatic heterocycles. The van der Waals surface area contributed by atoms with Crippen molar-refractivity contribution in [2.75, 3.05) is 0 Å². The summed E-state index contributed by atoms with van der Waals surface area (Å²) in [7, 11) is 0. The van der Waals surface area contributed by atoms with Crippen LogP contribution in [0.4, 0.5) is 0 Å². The molecule has 0 amide bonds. The lowest BCUT2D eigenvalue weighted by Crippen LogP contribution is -2.25. The van der Waals surface area contributed by atoms with Crippen molar-refractivity contribution in [2.24, 2.45) is 0 Å². The first-order valence-corrected chi connectivity index (χ1v) is 6.18. The lowest BCUT2D eigenvalue weighted by atomic mass is 9.78. The monoisotopic (exact) mass is 230 g/mol. The normalized spacial score (nSPS) is 13.3. The van der Waals surface area contributed by atoms with Crippen molar-refractivity contribution < 1.29 is 0 Å². The zero-order valence-electron chi connectivity index (χ0n) is 11.7. The van der Waals surface area contributed by atoms with E-state index in [9.17, 15) is 0 Å². The van der Waals surface area contributed by atoms with Crippen LogP contribution in [0.3, 0.4) is 0 Å². The number of hydrogen-bond donors (Lipinski definition) is 0. The summed E-state index contributed by atoms with van der Waals surface area (Å²) < 4.78 is 2.22. The number of hydrogen-bond acceptors (Lipinski definition) is 1. The number of pyridine rings is 1. The van der Waals surface area contributed by atoms with Gasteiger partial charge in [-0.15, -0.1) is 0 Å². The van der Waals surface area contributed by atoms with Crippen LogP contribution < -0.4 is 0 Å². The van der Waals surface area contributed by atoms with Gasteiger partial charge in [-0.3, -0.25) is 0 Å². The highest BCUT2D eigenvalue weighted by atomic mass is 15.0. The van der Waals surface area contributed by atoms with Crippen molar-refractivity contribution in [1.82, 2.24) is 9.38 Å². The minimum atomic E-state index is 0.114. The molecule has 0 fully saturated rings. The Kier molecular flexibility index (Phi) is 2.57. The van der Waals surface area contributed by atoms with Gasteiger partial charge >= 0.3 is 0 Å². The Morgan fingerprint density at radius 3 is 2.12 bits per heavy atom. The largest absolute Gasteiger partial charge is 0.303 e. The second-order valence-electron chi connectivity index (χ2n) is 6.75. The Morgan fingerprint density at radius 2 is 1.59 bits per heavy atom. The predicted molar refractivity (Wildman–Crippen MR) is 72.6 cm³/mol. The van der Waals surface area contributed by atoms with Gasteiger partial charge in [0.25, 0.3) is 0 Å². The smallest absolute Gasteiger partial charge is 0.136 e. The molecule has 0 aliphatic rings. The van der Waals surface area contributed by atoms with Crippen LogP contribution in [0.15, 0.2) is 24.5 Å². The van der Waals surface area contributed by atoms with Gasteiger partial charge in [0, 0.05) is 23.5 Å². The number of nitrogens with zero attached hydrogens (tertiary/aromatic N) is 2. The maximum atomic E-state index is 4.38. The maximum absolute atomic E-state index is 4.38. The quantitative estimate of drug-likeness (QED) is 0.670. The van der Waals surface area contributed by atoms with E-state index >= 15 is 0 Å². The second kappa shape index (κ2) is 3.59. The molecular weight excluding hydrogens is 208 g/mol. The molecule has 0 aliphatic heterocycles. The molecule has 17 heavy (non-hydrogen) atoms. The maximum Gasteiger partial charge on any atom is 0.136 e. The van der Waals surface area contributed by atoms with Crippen LogP contribution in [0.1, 0.15) is 52.8 Å². The van der Waals surface area contributed by atoms with E-state index in [1.54, 1.807) is 0 Å². The fourth-order valence-corrected chi connectivity index (χ4v) is 2.36. The molecule has 2 heterocycles. The Morgan fingerprint density at radius 1 is 0.941 bits per heavy atom. The summed E-state index contributed by atoms with van der Waals surface area (Å²) in [5, 5.41) is 0. The van der Waals surface area contributed by atoms with Crippen molar-refractivity contribution in [3.63, 3.8) is 0 Å². The molecule has 2 aromatic rings. The topological polar surface area (TPSA) is 17.3 Å². The number of aromatic nitrogens is 2. The van der Waals surface area contributed by atoms with Crippen molar-refractivity contribution in [3.05, 3.63) is 35.8 Å². The minimum absolute atomic E-state index is 0.114. The summed E-state index contributed by atoms with van der Waals surface area (Å²) in [5.41, 5.74) is 4.06.